The average molecular weight is 375 g/mol. The van der Waals surface area contributed by atoms with Crippen molar-refractivity contribution in [3.8, 4) is 0 Å². The lowest BCUT2D eigenvalue weighted by atomic mass is 9.91. The first-order chi connectivity index (χ1) is 12.5. The van der Waals surface area contributed by atoms with Crippen LogP contribution in [0.4, 0.5) is 5.82 Å². The molecular weight excluding hydrogens is 356 g/mol. The van der Waals surface area contributed by atoms with E-state index < -0.39 is 24.5 Å². The Morgan fingerprint density at radius 2 is 1.88 bits per heavy atom. The zero-order chi connectivity index (χ0) is 18.4. The number of hydrogen-bond donors (Lipinski definition) is 3. The molecule has 1 aromatic carbocycles. The van der Waals surface area contributed by atoms with Crippen LogP contribution in [0.15, 0.2) is 42.9 Å². The summed E-state index contributed by atoms with van der Waals surface area (Å²) in [6.07, 6.45) is -0.390. The number of ether oxygens (including phenoxy) is 1. The minimum atomic E-state index is -1.10. The molecule has 2 aromatic heterocycles. The molecule has 4 N–H and O–H groups in total. The fourth-order valence-electron chi connectivity index (χ4n) is 3.48. The fraction of sp³-hybridized carbons (Fsp3) is 0.333. The minimum Gasteiger partial charge on any atom is -0.387 e. The van der Waals surface area contributed by atoms with Crippen molar-refractivity contribution < 1.29 is 14.9 Å². The van der Waals surface area contributed by atoms with Crippen molar-refractivity contribution >= 4 is 28.5 Å². The molecule has 1 aliphatic rings. The summed E-state index contributed by atoms with van der Waals surface area (Å²) < 4.78 is 7.73. The van der Waals surface area contributed by atoms with Gasteiger partial charge in [0.05, 0.1) is 11.5 Å². The molecule has 0 bridgehead atoms. The van der Waals surface area contributed by atoms with Crippen LogP contribution in [0.2, 0.25) is 5.02 Å². The second-order valence-electron chi connectivity index (χ2n) is 6.53. The first-order valence-electron chi connectivity index (χ1n) is 8.31. The highest BCUT2D eigenvalue weighted by Crippen LogP contribution is 2.38. The SMILES string of the molecule is CC(c1ccc(Cl)cc1)[C@H]1O[C@@H](n2ccc3c(N)ncnc32)[C@H](O)[C@@H]1O. The topological polar surface area (TPSA) is 106 Å². The van der Waals surface area contributed by atoms with E-state index in [4.69, 9.17) is 22.1 Å². The number of anilines is 1. The van der Waals surface area contributed by atoms with E-state index in [9.17, 15) is 10.2 Å². The highest BCUT2D eigenvalue weighted by Gasteiger charge is 2.46. The van der Waals surface area contributed by atoms with Crippen LogP contribution in [0.25, 0.3) is 11.0 Å². The van der Waals surface area contributed by atoms with Crippen molar-refractivity contribution in [3.63, 3.8) is 0 Å². The molecule has 3 aromatic rings. The third kappa shape index (κ3) is 2.73. The number of aliphatic hydroxyl groups excluding tert-OH is 2. The normalized spacial score (nSPS) is 27.1. The van der Waals surface area contributed by atoms with E-state index in [0.717, 1.165) is 5.56 Å². The van der Waals surface area contributed by atoms with Crippen LogP contribution in [0.1, 0.15) is 24.6 Å². The summed E-state index contributed by atoms with van der Waals surface area (Å²) in [5.74, 6) is 0.219. The Hall–Kier alpha value is -2.19. The third-order valence-corrected chi connectivity index (χ3v) is 5.23. The molecule has 0 radical (unpaired) electrons. The second kappa shape index (κ2) is 6.51. The lowest BCUT2D eigenvalue weighted by molar-refractivity contribution is -0.0409. The molecule has 1 aliphatic heterocycles. The molecule has 0 aliphatic carbocycles. The zero-order valence-electron chi connectivity index (χ0n) is 14.0. The number of nitrogens with two attached hydrogens (primary N) is 1. The molecule has 26 heavy (non-hydrogen) atoms. The molecule has 7 nitrogen and oxygen atoms in total. The van der Waals surface area contributed by atoms with Gasteiger partial charge in [-0.1, -0.05) is 30.7 Å². The fourth-order valence-corrected chi connectivity index (χ4v) is 3.61. The van der Waals surface area contributed by atoms with E-state index in [1.165, 1.54) is 6.33 Å². The van der Waals surface area contributed by atoms with Gasteiger partial charge in [0.1, 0.15) is 30.0 Å². The van der Waals surface area contributed by atoms with Crippen LogP contribution < -0.4 is 5.73 Å². The van der Waals surface area contributed by atoms with E-state index in [-0.39, 0.29) is 5.92 Å². The number of hydrogen-bond acceptors (Lipinski definition) is 6. The van der Waals surface area contributed by atoms with Crippen molar-refractivity contribution in [2.75, 3.05) is 5.73 Å². The number of nitrogen functional groups attached to an aromatic ring is 1. The predicted octanol–water partition coefficient (Wildman–Crippen LogP) is 2.09. The molecular formula is C18H19ClN4O3. The quantitative estimate of drug-likeness (QED) is 0.648. The summed E-state index contributed by atoms with van der Waals surface area (Å²) in [6, 6.07) is 9.14. The molecule has 0 amide bonds. The maximum Gasteiger partial charge on any atom is 0.164 e. The van der Waals surface area contributed by atoms with Crippen molar-refractivity contribution in [2.24, 2.45) is 0 Å². The van der Waals surface area contributed by atoms with Gasteiger partial charge >= 0.3 is 0 Å². The van der Waals surface area contributed by atoms with Gasteiger partial charge in [-0.3, -0.25) is 0 Å². The molecule has 1 unspecified atom stereocenters. The Kier molecular flexibility index (Phi) is 4.32. The third-order valence-electron chi connectivity index (χ3n) is 4.98. The maximum absolute atomic E-state index is 10.6. The maximum atomic E-state index is 10.6. The Morgan fingerprint density at radius 3 is 2.62 bits per heavy atom. The lowest BCUT2D eigenvalue weighted by Gasteiger charge is -2.22. The standard InChI is InChI=1S/C18H19ClN4O3/c1-9(10-2-4-11(19)5-3-10)15-13(24)14(25)18(26-15)23-7-6-12-16(20)21-8-22-17(12)23/h2-9,13-15,18,24-25H,1H3,(H2,20,21,22)/t9?,13-,14+,15+,18+/m0/s1. The van der Waals surface area contributed by atoms with Crippen LogP contribution in [-0.2, 0) is 4.74 Å². The number of aromatic nitrogens is 3. The summed E-state index contributed by atoms with van der Waals surface area (Å²) in [5, 5.41) is 22.5. The highest BCUT2D eigenvalue weighted by molar-refractivity contribution is 6.30. The number of benzene rings is 1. The number of nitrogens with zero attached hydrogens (tertiary/aromatic N) is 3. The Labute approximate surface area is 155 Å². The van der Waals surface area contributed by atoms with Gasteiger partial charge in [0.2, 0.25) is 0 Å². The van der Waals surface area contributed by atoms with Crippen molar-refractivity contribution in [1.82, 2.24) is 14.5 Å². The van der Waals surface area contributed by atoms with E-state index in [0.29, 0.717) is 21.9 Å². The van der Waals surface area contributed by atoms with E-state index in [2.05, 4.69) is 9.97 Å². The van der Waals surface area contributed by atoms with Gasteiger partial charge in [0, 0.05) is 17.1 Å². The average Bonchev–Trinajstić information content (AvgIpc) is 3.18. The first-order valence-corrected chi connectivity index (χ1v) is 8.69. The van der Waals surface area contributed by atoms with Gasteiger partial charge in [-0.05, 0) is 23.8 Å². The van der Waals surface area contributed by atoms with Gasteiger partial charge in [0.15, 0.2) is 6.23 Å². The molecule has 8 heteroatoms. The number of aliphatic hydroxyl groups is 2. The predicted molar refractivity (Wildman–Crippen MR) is 97.7 cm³/mol. The van der Waals surface area contributed by atoms with Gasteiger partial charge in [-0.25, -0.2) is 9.97 Å². The monoisotopic (exact) mass is 374 g/mol. The van der Waals surface area contributed by atoms with Crippen molar-refractivity contribution in [3.05, 3.63) is 53.4 Å². The second-order valence-corrected chi connectivity index (χ2v) is 6.97. The van der Waals surface area contributed by atoms with Crippen molar-refractivity contribution in [1.29, 1.82) is 0 Å². The Bertz CT molecular complexity index is 930. The van der Waals surface area contributed by atoms with Gasteiger partial charge in [-0.2, -0.15) is 0 Å². The Balaban J connectivity index is 1.65. The molecule has 0 saturated carbocycles. The summed E-state index contributed by atoms with van der Waals surface area (Å²) in [4.78, 5) is 8.19. The molecule has 0 spiro atoms. The first kappa shape index (κ1) is 17.2. The van der Waals surface area contributed by atoms with Crippen LogP contribution >= 0.6 is 11.6 Å². The minimum absolute atomic E-state index is 0.136. The molecule has 3 heterocycles. The van der Waals surface area contributed by atoms with Crippen LogP contribution in [0.3, 0.4) is 0 Å². The summed E-state index contributed by atoms with van der Waals surface area (Å²) >= 11 is 5.94. The van der Waals surface area contributed by atoms with E-state index >= 15 is 0 Å². The molecule has 1 fully saturated rings. The number of rotatable bonds is 3. The summed E-state index contributed by atoms with van der Waals surface area (Å²) in [6.45, 7) is 1.94. The van der Waals surface area contributed by atoms with Crippen LogP contribution in [0, 0.1) is 0 Å². The molecule has 136 valence electrons. The zero-order valence-corrected chi connectivity index (χ0v) is 14.8. The van der Waals surface area contributed by atoms with E-state index in [1.54, 1.807) is 29.0 Å². The van der Waals surface area contributed by atoms with Gasteiger partial charge in [0.25, 0.3) is 0 Å². The van der Waals surface area contributed by atoms with E-state index in [1.807, 2.05) is 19.1 Å². The molecule has 1 saturated heterocycles. The largest absolute Gasteiger partial charge is 0.387 e. The highest BCUT2D eigenvalue weighted by atomic mass is 35.5. The van der Waals surface area contributed by atoms with Gasteiger partial charge in [-0.15, -0.1) is 0 Å². The lowest BCUT2D eigenvalue weighted by Crippen LogP contribution is -2.34. The molecule has 4 rings (SSSR count). The number of halogens is 1. The number of fused-ring (bicyclic) bond motifs is 1. The van der Waals surface area contributed by atoms with Crippen molar-refractivity contribution in [2.45, 2.75) is 37.4 Å². The van der Waals surface area contributed by atoms with Crippen LogP contribution in [-0.4, -0.2) is 43.1 Å². The Morgan fingerprint density at radius 1 is 1.15 bits per heavy atom. The summed E-state index contributed by atoms with van der Waals surface area (Å²) in [5.41, 5.74) is 7.38. The summed E-state index contributed by atoms with van der Waals surface area (Å²) in [7, 11) is 0. The van der Waals surface area contributed by atoms with Gasteiger partial charge < -0.3 is 25.3 Å². The molecule has 5 atom stereocenters. The smallest absolute Gasteiger partial charge is 0.164 e. The van der Waals surface area contributed by atoms with Crippen LogP contribution in [0.5, 0.6) is 0 Å².